The summed E-state index contributed by atoms with van der Waals surface area (Å²) in [5.74, 6) is -2.88. The Morgan fingerprint density at radius 3 is 2.47 bits per heavy atom. The first-order valence-electron chi connectivity index (χ1n) is 11.8. The van der Waals surface area contributed by atoms with Crippen molar-refractivity contribution >= 4 is 22.7 Å². The van der Waals surface area contributed by atoms with E-state index in [0.29, 0.717) is 5.56 Å². The number of fused-ring (bicyclic) bond motifs is 3. The molecule has 1 spiro atoms. The smallest absolute Gasteiger partial charge is 0.255 e. The van der Waals surface area contributed by atoms with Gasteiger partial charge in [0.2, 0.25) is 0 Å². The average molecular weight is 462 g/mol. The van der Waals surface area contributed by atoms with Gasteiger partial charge in [0, 0.05) is 55.7 Å². The summed E-state index contributed by atoms with van der Waals surface area (Å²) in [6.07, 6.45) is 4.01. The van der Waals surface area contributed by atoms with Crippen LogP contribution in [0.25, 0.3) is 22.0 Å². The average Bonchev–Trinajstić information content (AvgIpc) is 3.04. The monoisotopic (exact) mass is 461 g/mol. The lowest BCUT2D eigenvalue weighted by Gasteiger charge is -2.44. The Kier molecular flexibility index (Phi) is 4.57. The summed E-state index contributed by atoms with van der Waals surface area (Å²) < 4.78 is 27.0. The van der Waals surface area contributed by atoms with Gasteiger partial charge in [-0.05, 0) is 48.6 Å². The number of benzene rings is 2. The molecule has 3 aromatic rings. The van der Waals surface area contributed by atoms with Crippen molar-refractivity contribution < 1.29 is 18.4 Å². The minimum absolute atomic E-state index is 0.0496. The summed E-state index contributed by atoms with van der Waals surface area (Å²) in [6, 6.07) is 13.6. The number of rotatable bonds is 2. The molecule has 5 nitrogen and oxygen atoms in total. The van der Waals surface area contributed by atoms with Gasteiger partial charge in [0.25, 0.3) is 17.7 Å². The van der Waals surface area contributed by atoms with Crippen molar-refractivity contribution in [3.05, 3.63) is 65.4 Å². The predicted molar refractivity (Wildman–Crippen MR) is 125 cm³/mol. The third-order valence-electron chi connectivity index (χ3n) is 7.93. The van der Waals surface area contributed by atoms with Crippen molar-refractivity contribution in [2.24, 2.45) is 0 Å². The zero-order chi connectivity index (χ0) is 23.7. The molecule has 3 heterocycles. The second kappa shape index (κ2) is 7.32. The summed E-state index contributed by atoms with van der Waals surface area (Å²) in [6.45, 7) is 0.0991. The summed E-state index contributed by atoms with van der Waals surface area (Å²) in [5.41, 5.74) is 4.78. The number of hydrogen-bond donors (Lipinski definition) is 0. The molecule has 34 heavy (non-hydrogen) atoms. The number of carbonyl (C=O) groups excluding carboxylic acids is 2. The largest absolute Gasteiger partial charge is 0.338 e. The third-order valence-corrected chi connectivity index (χ3v) is 7.93. The van der Waals surface area contributed by atoms with Crippen LogP contribution in [0.1, 0.15) is 58.4 Å². The van der Waals surface area contributed by atoms with Crippen molar-refractivity contribution in [3.8, 4) is 11.1 Å². The molecule has 1 aliphatic carbocycles. The summed E-state index contributed by atoms with van der Waals surface area (Å²) in [7, 11) is 1.89. The van der Waals surface area contributed by atoms with Crippen molar-refractivity contribution in [2.45, 2.75) is 43.6 Å². The number of piperidine rings is 1. The van der Waals surface area contributed by atoms with E-state index >= 15 is 0 Å². The predicted octanol–water partition coefficient (Wildman–Crippen LogP) is 5.24. The highest BCUT2D eigenvalue weighted by atomic mass is 19.3. The molecule has 1 saturated heterocycles. The second-order valence-electron chi connectivity index (χ2n) is 9.76. The molecular formula is C27H25F2N3O2. The van der Waals surface area contributed by atoms with Gasteiger partial charge in [0.1, 0.15) is 0 Å². The second-order valence-corrected chi connectivity index (χ2v) is 9.76. The van der Waals surface area contributed by atoms with E-state index in [1.54, 1.807) is 12.3 Å². The fourth-order valence-corrected chi connectivity index (χ4v) is 5.69. The van der Waals surface area contributed by atoms with Crippen LogP contribution in [0.2, 0.25) is 0 Å². The number of hydrogen-bond acceptors (Lipinski definition) is 3. The summed E-state index contributed by atoms with van der Waals surface area (Å²) in [4.78, 5) is 33.7. The zero-order valence-electron chi connectivity index (χ0n) is 19.0. The van der Waals surface area contributed by atoms with E-state index in [2.05, 4.69) is 11.1 Å². The number of nitrogens with zero attached hydrogens (tertiary/aromatic N) is 3. The van der Waals surface area contributed by atoms with Gasteiger partial charge in [-0.3, -0.25) is 14.6 Å². The maximum absolute atomic E-state index is 13.5. The molecule has 2 fully saturated rings. The summed E-state index contributed by atoms with van der Waals surface area (Å²) >= 11 is 0. The Bertz CT molecular complexity index is 1340. The normalized spacial score (nSPS) is 20.5. The molecule has 174 valence electrons. The minimum Gasteiger partial charge on any atom is -0.338 e. The van der Waals surface area contributed by atoms with Crippen molar-refractivity contribution in [2.75, 3.05) is 20.1 Å². The van der Waals surface area contributed by atoms with Crippen molar-refractivity contribution in [1.29, 1.82) is 0 Å². The molecule has 0 unspecified atom stereocenters. The van der Waals surface area contributed by atoms with Gasteiger partial charge >= 0.3 is 0 Å². The van der Waals surface area contributed by atoms with E-state index in [4.69, 9.17) is 0 Å². The van der Waals surface area contributed by atoms with Gasteiger partial charge in [-0.2, -0.15) is 0 Å². The lowest BCUT2D eigenvalue weighted by molar-refractivity contribution is -0.0494. The van der Waals surface area contributed by atoms with Gasteiger partial charge in [0.15, 0.2) is 0 Å². The van der Waals surface area contributed by atoms with Crippen LogP contribution in [0, 0.1) is 0 Å². The van der Waals surface area contributed by atoms with E-state index in [1.165, 1.54) is 4.90 Å². The van der Waals surface area contributed by atoms with Gasteiger partial charge in [0.05, 0.1) is 16.6 Å². The van der Waals surface area contributed by atoms with Crippen LogP contribution in [-0.2, 0) is 5.54 Å². The zero-order valence-corrected chi connectivity index (χ0v) is 19.0. The van der Waals surface area contributed by atoms with E-state index in [-0.39, 0.29) is 43.3 Å². The maximum Gasteiger partial charge on any atom is 0.255 e. The van der Waals surface area contributed by atoms with Crippen molar-refractivity contribution in [1.82, 2.24) is 14.8 Å². The third kappa shape index (κ3) is 3.06. The highest BCUT2D eigenvalue weighted by Crippen LogP contribution is 2.52. The number of para-hydroxylation sites is 1. The molecule has 7 heteroatoms. The fourth-order valence-electron chi connectivity index (χ4n) is 5.69. The fraction of sp³-hybridized carbons (Fsp3) is 0.370. The van der Waals surface area contributed by atoms with Crippen LogP contribution in [0.15, 0.2) is 48.7 Å². The molecule has 2 aromatic carbocycles. The molecular weight excluding hydrogens is 436 g/mol. The standard InChI is InChI=1S/C27H25F2N3O2/c1-31-25(34)21-7-6-17(15-22(21)26(31)8-3-9-26)20-5-2-4-18-14-19(16-30-23(18)20)24(33)32-12-10-27(28,29)11-13-32/h2,4-7,14-16H,3,8-13H2,1H3. The topological polar surface area (TPSA) is 53.5 Å². The molecule has 1 saturated carbocycles. The molecule has 2 amide bonds. The number of alkyl halides is 2. The van der Waals surface area contributed by atoms with Crippen molar-refractivity contribution in [3.63, 3.8) is 0 Å². The lowest BCUT2D eigenvalue weighted by Crippen LogP contribution is -2.46. The van der Waals surface area contributed by atoms with Crippen LogP contribution < -0.4 is 0 Å². The molecule has 1 aromatic heterocycles. The molecule has 3 aliphatic rings. The molecule has 0 radical (unpaired) electrons. The van der Waals surface area contributed by atoms with Gasteiger partial charge in [-0.1, -0.05) is 24.3 Å². The number of amides is 2. The van der Waals surface area contributed by atoms with Gasteiger partial charge in [-0.25, -0.2) is 8.78 Å². The van der Waals surface area contributed by atoms with Gasteiger partial charge < -0.3 is 9.80 Å². The molecule has 0 atom stereocenters. The van der Waals surface area contributed by atoms with E-state index in [1.807, 2.05) is 42.3 Å². The maximum atomic E-state index is 13.5. The van der Waals surface area contributed by atoms with Crippen LogP contribution >= 0.6 is 0 Å². The number of carbonyl (C=O) groups is 2. The van der Waals surface area contributed by atoms with Crippen LogP contribution in [0.4, 0.5) is 8.78 Å². The molecule has 0 bridgehead atoms. The van der Waals surface area contributed by atoms with Crippen LogP contribution in [-0.4, -0.2) is 52.7 Å². The molecule has 2 aliphatic heterocycles. The lowest BCUT2D eigenvalue weighted by atomic mass is 9.71. The highest BCUT2D eigenvalue weighted by molar-refractivity contribution is 6.03. The highest BCUT2D eigenvalue weighted by Gasteiger charge is 2.51. The first-order valence-corrected chi connectivity index (χ1v) is 11.8. The number of pyridine rings is 1. The Balaban J connectivity index is 1.35. The Morgan fingerprint density at radius 1 is 1.00 bits per heavy atom. The SMILES string of the molecule is CN1C(=O)c2ccc(-c3cccc4cc(C(=O)N5CCC(F)(F)CC5)cnc34)cc2C12CCC2. The quantitative estimate of drug-likeness (QED) is 0.525. The van der Waals surface area contributed by atoms with E-state index < -0.39 is 5.92 Å². The minimum atomic E-state index is -2.69. The number of likely N-dealkylation sites (tertiary alicyclic amines) is 1. The van der Waals surface area contributed by atoms with Gasteiger partial charge in [-0.15, -0.1) is 0 Å². The molecule has 6 rings (SSSR count). The Labute approximate surface area is 196 Å². The van der Waals surface area contributed by atoms with Crippen LogP contribution in [0.5, 0.6) is 0 Å². The molecule has 0 N–H and O–H groups in total. The number of halogens is 2. The first kappa shape index (κ1) is 21.2. The first-order chi connectivity index (χ1) is 16.3. The Hall–Kier alpha value is -3.35. The Morgan fingerprint density at radius 2 is 1.76 bits per heavy atom. The van der Waals surface area contributed by atoms with Crippen LogP contribution in [0.3, 0.4) is 0 Å². The van der Waals surface area contributed by atoms with E-state index in [9.17, 15) is 18.4 Å². The summed E-state index contributed by atoms with van der Waals surface area (Å²) in [5, 5.41) is 0.817. The van der Waals surface area contributed by atoms with E-state index in [0.717, 1.165) is 52.4 Å². The number of aromatic nitrogens is 1.